The van der Waals surface area contributed by atoms with Gasteiger partial charge in [-0.3, -0.25) is 4.79 Å². The monoisotopic (exact) mass is 281 g/mol. The van der Waals surface area contributed by atoms with Crippen LogP contribution in [0.1, 0.15) is 25.7 Å². The highest BCUT2D eigenvalue weighted by atomic mass is 35.5. The zero-order valence-corrected chi connectivity index (χ0v) is 11.0. The van der Waals surface area contributed by atoms with Crippen molar-refractivity contribution in [2.45, 2.75) is 37.6 Å². The minimum atomic E-state index is -2.59. The van der Waals surface area contributed by atoms with E-state index in [0.717, 1.165) is 0 Å². The Bertz CT molecular complexity index is 304. The van der Waals surface area contributed by atoms with Gasteiger partial charge in [0.25, 0.3) is 0 Å². The van der Waals surface area contributed by atoms with Crippen molar-refractivity contribution in [1.82, 2.24) is 4.90 Å². The second-order valence-corrected chi connectivity index (χ2v) is 5.35. The van der Waals surface area contributed by atoms with Crippen molar-refractivity contribution in [3.63, 3.8) is 0 Å². The highest BCUT2D eigenvalue weighted by Crippen LogP contribution is 2.37. The fraction of sp³-hybridized carbons (Fsp3) is 0.917. The van der Waals surface area contributed by atoms with Crippen molar-refractivity contribution in [3.8, 4) is 0 Å². The van der Waals surface area contributed by atoms with E-state index in [0.29, 0.717) is 25.6 Å². The Morgan fingerprint density at radius 1 is 1.39 bits per heavy atom. The summed E-state index contributed by atoms with van der Waals surface area (Å²) in [4.78, 5) is 14.0. The number of carbonyl (C=O) groups is 1. The maximum atomic E-state index is 13.1. The fourth-order valence-electron chi connectivity index (χ4n) is 2.59. The predicted molar refractivity (Wildman–Crippen MR) is 63.9 cm³/mol. The molecule has 2 aliphatic rings. The normalized spacial score (nSPS) is 29.3. The molecule has 18 heavy (non-hydrogen) atoms. The molecule has 0 spiro atoms. The topological polar surface area (TPSA) is 29.5 Å². The molecule has 0 radical (unpaired) electrons. The summed E-state index contributed by atoms with van der Waals surface area (Å²) in [6.45, 7) is 1.46. The summed E-state index contributed by atoms with van der Waals surface area (Å²) in [5.74, 6) is -2.56. The van der Waals surface area contributed by atoms with Crippen molar-refractivity contribution < 1.29 is 18.3 Å². The second kappa shape index (κ2) is 5.70. The van der Waals surface area contributed by atoms with Gasteiger partial charge < -0.3 is 9.64 Å². The highest BCUT2D eigenvalue weighted by molar-refractivity contribution is 6.18. The van der Waals surface area contributed by atoms with Crippen LogP contribution in [0.15, 0.2) is 0 Å². The van der Waals surface area contributed by atoms with Gasteiger partial charge in [0.15, 0.2) is 0 Å². The van der Waals surface area contributed by atoms with Crippen molar-refractivity contribution in [3.05, 3.63) is 0 Å². The summed E-state index contributed by atoms with van der Waals surface area (Å²) in [6.07, 6.45) is 0.189. The Labute approximate surface area is 110 Å². The van der Waals surface area contributed by atoms with E-state index in [4.69, 9.17) is 16.3 Å². The zero-order chi connectivity index (χ0) is 13.2. The Morgan fingerprint density at radius 3 is 2.67 bits per heavy atom. The molecule has 2 fully saturated rings. The third kappa shape index (κ3) is 3.12. The van der Waals surface area contributed by atoms with E-state index in [-0.39, 0.29) is 43.6 Å². The second-order valence-electron chi connectivity index (χ2n) is 5.04. The van der Waals surface area contributed by atoms with Gasteiger partial charge in [-0.1, -0.05) is 0 Å². The van der Waals surface area contributed by atoms with Crippen LogP contribution in [0.2, 0.25) is 0 Å². The molecular weight excluding hydrogens is 264 g/mol. The summed E-state index contributed by atoms with van der Waals surface area (Å²) in [5, 5.41) is 0. The molecule has 0 aromatic heterocycles. The summed E-state index contributed by atoms with van der Waals surface area (Å²) >= 11 is 5.81. The number of ether oxygens (including phenoxy) is 1. The number of carbonyl (C=O) groups excluding carboxylic acids is 1. The average Bonchev–Trinajstić information content (AvgIpc) is 2.38. The molecule has 1 aliphatic carbocycles. The molecule has 1 atom stereocenters. The van der Waals surface area contributed by atoms with Crippen LogP contribution < -0.4 is 0 Å². The summed E-state index contributed by atoms with van der Waals surface area (Å²) in [7, 11) is 0. The molecule has 104 valence electrons. The minimum Gasteiger partial charge on any atom is -0.377 e. The Hall–Kier alpha value is -0.420. The summed E-state index contributed by atoms with van der Waals surface area (Å²) < 4.78 is 31.4. The molecule has 1 amide bonds. The Balaban J connectivity index is 1.94. The lowest BCUT2D eigenvalue weighted by atomic mass is 9.85. The van der Waals surface area contributed by atoms with E-state index in [1.54, 1.807) is 4.90 Å². The lowest BCUT2D eigenvalue weighted by Crippen LogP contribution is -2.52. The molecule has 3 nitrogen and oxygen atoms in total. The van der Waals surface area contributed by atoms with Crippen LogP contribution in [0, 0.1) is 5.92 Å². The Kier molecular flexibility index (Phi) is 4.43. The number of rotatable bonds is 2. The highest BCUT2D eigenvalue weighted by Gasteiger charge is 2.40. The van der Waals surface area contributed by atoms with Gasteiger partial charge in [-0.2, -0.15) is 0 Å². The Morgan fingerprint density at radius 2 is 2.06 bits per heavy atom. The van der Waals surface area contributed by atoms with E-state index < -0.39 is 5.92 Å². The van der Waals surface area contributed by atoms with E-state index >= 15 is 0 Å². The van der Waals surface area contributed by atoms with E-state index in [1.165, 1.54) is 0 Å². The first kappa shape index (κ1) is 14.0. The maximum Gasteiger partial charge on any atom is 0.248 e. The third-order valence-corrected chi connectivity index (χ3v) is 4.11. The van der Waals surface area contributed by atoms with Gasteiger partial charge in [-0.25, -0.2) is 8.78 Å². The molecule has 2 rings (SSSR count). The quantitative estimate of drug-likeness (QED) is 0.727. The number of morpholine rings is 1. The smallest absolute Gasteiger partial charge is 0.248 e. The molecule has 1 aliphatic heterocycles. The molecule has 0 bridgehead atoms. The van der Waals surface area contributed by atoms with Gasteiger partial charge in [0.05, 0.1) is 19.3 Å². The number of hydrogen-bond donors (Lipinski definition) is 0. The zero-order valence-electron chi connectivity index (χ0n) is 10.2. The SMILES string of the molecule is O=C(C1CCC(F)(F)CC1)N1CCOCC1CCl. The minimum absolute atomic E-state index is 0.0283. The van der Waals surface area contributed by atoms with Crippen molar-refractivity contribution in [1.29, 1.82) is 0 Å². The van der Waals surface area contributed by atoms with Crippen LogP contribution in [0.25, 0.3) is 0 Å². The van der Waals surface area contributed by atoms with Crippen LogP contribution >= 0.6 is 11.6 Å². The van der Waals surface area contributed by atoms with Crippen LogP contribution in [0.5, 0.6) is 0 Å². The molecule has 0 aromatic carbocycles. The van der Waals surface area contributed by atoms with Gasteiger partial charge in [0.1, 0.15) is 0 Å². The number of hydrogen-bond acceptors (Lipinski definition) is 2. The van der Waals surface area contributed by atoms with Crippen molar-refractivity contribution in [2.24, 2.45) is 5.92 Å². The molecular formula is C12H18ClF2NO2. The lowest BCUT2D eigenvalue weighted by molar-refractivity contribution is -0.147. The lowest BCUT2D eigenvalue weighted by Gasteiger charge is -2.38. The first-order valence-corrected chi connectivity index (χ1v) is 6.89. The molecule has 1 saturated carbocycles. The molecule has 1 heterocycles. The number of halogens is 3. The summed E-state index contributed by atoms with van der Waals surface area (Å²) in [5.41, 5.74) is 0. The van der Waals surface area contributed by atoms with E-state index in [9.17, 15) is 13.6 Å². The number of amides is 1. The van der Waals surface area contributed by atoms with Crippen LogP contribution in [0.4, 0.5) is 8.78 Å². The molecule has 1 saturated heterocycles. The van der Waals surface area contributed by atoms with E-state index in [2.05, 4.69) is 0 Å². The molecule has 0 N–H and O–H groups in total. The first-order chi connectivity index (χ1) is 8.53. The first-order valence-electron chi connectivity index (χ1n) is 6.35. The number of nitrogens with zero attached hydrogens (tertiary/aromatic N) is 1. The van der Waals surface area contributed by atoms with Gasteiger partial charge in [0, 0.05) is 31.2 Å². The van der Waals surface area contributed by atoms with Crippen molar-refractivity contribution >= 4 is 17.5 Å². The van der Waals surface area contributed by atoms with Crippen LogP contribution in [0.3, 0.4) is 0 Å². The largest absolute Gasteiger partial charge is 0.377 e. The standard InChI is InChI=1S/C12H18ClF2NO2/c13-7-10-8-18-6-5-16(10)11(17)9-1-3-12(14,15)4-2-9/h9-10H,1-8H2. The molecule has 6 heteroatoms. The number of alkyl halides is 3. The van der Waals surface area contributed by atoms with Crippen LogP contribution in [-0.4, -0.2) is 48.4 Å². The third-order valence-electron chi connectivity index (χ3n) is 3.76. The maximum absolute atomic E-state index is 13.1. The van der Waals surface area contributed by atoms with Gasteiger partial charge in [0.2, 0.25) is 11.8 Å². The summed E-state index contributed by atoms with van der Waals surface area (Å²) in [6, 6.07) is -0.115. The van der Waals surface area contributed by atoms with Gasteiger partial charge >= 0.3 is 0 Å². The average molecular weight is 282 g/mol. The molecule has 1 unspecified atom stereocenters. The van der Waals surface area contributed by atoms with Gasteiger partial charge in [-0.15, -0.1) is 11.6 Å². The van der Waals surface area contributed by atoms with E-state index in [1.807, 2.05) is 0 Å². The molecule has 0 aromatic rings. The van der Waals surface area contributed by atoms with Crippen molar-refractivity contribution in [2.75, 3.05) is 25.6 Å². The fourth-order valence-corrected chi connectivity index (χ4v) is 2.85. The van der Waals surface area contributed by atoms with Crippen LogP contribution in [-0.2, 0) is 9.53 Å². The predicted octanol–water partition coefficient (Wildman–Crippen LogP) is 2.28. The van der Waals surface area contributed by atoms with Gasteiger partial charge in [-0.05, 0) is 12.8 Å².